The van der Waals surface area contributed by atoms with E-state index in [0.717, 1.165) is 5.56 Å². The topological polar surface area (TPSA) is 76.2 Å². The van der Waals surface area contributed by atoms with Gasteiger partial charge in [-0.05, 0) is 74.6 Å². The number of ketones is 1. The Bertz CT molecular complexity index is 1080. The molecule has 0 aromatic heterocycles. The van der Waals surface area contributed by atoms with Gasteiger partial charge in [0.25, 0.3) is 5.91 Å². The van der Waals surface area contributed by atoms with Crippen LogP contribution in [0.25, 0.3) is 0 Å². The van der Waals surface area contributed by atoms with E-state index in [1.165, 1.54) is 5.56 Å². The summed E-state index contributed by atoms with van der Waals surface area (Å²) < 4.78 is 11.3. The molecule has 2 amide bonds. The number of carbonyl (C=O) groups is 3. The van der Waals surface area contributed by atoms with Crippen molar-refractivity contribution < 1.29 is 23.9 Å². The van der Waals surface area contributed by atoms with Gasteiger partial charge in [-0.25, -0.2) is 0 Å². The normalized spacial score (nSPS) is 12.9. The van der Waals surface area contributed by atoms with Crippen LogP contribution in [0.5, 0.6) is 11.5 Å². The van der Waals surface area contributed by atoms with Crippen molar-refractivity contribution in [1.82, 2.24) is 4.90 Å². The fourth-order valence-corrected chi connectivity index (χ4v) is 4.36. The smallest absolute Gasteiger partial charge is 0.265 e. The van der Waals surface area contributed by atoms with Gasteiger partial charge in [0.1, 0.15) is 11.5 Å². The molecule has 0 fully saturated rings. The Morgan fingerprint density at radius 3 is 2.51 bits per heavy atom. The monoisotopic (exact) mass is 480 g/mol. The molecule has 1 heterocycles. The van der Waals surface area contributed by atoms with Gasteiger partial charge in [0.05, 0.1) is 5.69 Å². The summed E-state index contributed by atoms with van der Waals surface area (Å²) in [4.78, 5) is 41.2. The van der Waals surface area contributed by atoms with Gasteiger partial charge in [0.2, 0.25) is 5.91 Å². The summed E-state index contributed by atoms with van der Waals surface area (Å²) in [5.41, 5.74) is 3.38. The number of ether oxygens (including phenoxy) is 2. The summed E-state index contributed by atoms with van der Waals surface area (Å²) in [5, 5.41) is 0. The Labute approximate surface area is 208 Å². The number of hydrogen-bond donors (Lipinski definition) is 0. The van der Waals surface area contributed by atoms with Crippen LogP contribution in [0.1, 0.15) is 67.9 Å². The third kappa shape index (κ3) is 6.41. The number of benzene rings is 2. The molecule has 2 aromatic rings. The zero-order valence-corrected chi connectivity index (χ0v) is 21.4. The number of carbonyl (C=O) groups excluding carboxylic acids is 3. The molecular weight excluding hydrogens is 444 g/mol. The Hall–Kier alpha value is -3.35. The summed E-state index contributed by atoms with van der Waals surface area (Å²) in [6.07, 6.45) is 0.899. The van der Waals surface area contributed by atoms with Gasteiger partial charge in [-0.3, -0.25) is 14.4 Å². The van der Waals surface area contributed by atoms with Crippen molar-refractivity contribution in [3.63, 3.8) is 0 Å². The molecule has 0 spiro atoms. The molecule has 1 aliphatic heterocycles. The maximum absolute atomic E-state index is 12.9. The fourth-order valence-electron chi connectivity index (χ4n) is 4.36. The zero-order chi connectivity index (χ0) is 25.5. The van der Waals surface area contributed by atoms with E-state index in [1.807, 2.05) is 39.0 Å². The minimum atomic E-state index is -0.187. The van der Waals surface area contributed by atoms with E-state index in [4.69, 9.17) is 9.47 Å². The molecule has 0 radical (unpaired) electrons. The molecule has 0 atom stereocenters. The van der Waals surface area contributed by atoms with E-state index in [9.17, 15) is 14.4 Å². The Kier molecular flexibility index (Phi) is 8.90. The van der Waals surface area contributed by atoms with Crippen molar-refractivity contribution in [2.75, 3.05) is 37.7 Å². The molecule has 35 heavy (non-hydrogen) atoms. The third-order valence-corrected chi connectivity index (χ3v) is 6.35. The van der Waals surface area contributed by atoms with Crippen LogP contribution in [0.4, 0.5) is 5.69 Å². The average molecular weight is 481 g/mol. The minimum absolute atomic E-state index is 0.0564. The number of hydrogen-bond acceptors (Lipinski definition) is 5. The molecule has 7 heteroatoms. The van der Waals surface area contributed by atoms with Crippen LogP contribution in [0.15, 0.2) is 36.4 Å². The number of anilines is 1. The molecule has 0 bridgehead atoms. The van der Waals surface area contributed by atoms with Crippen LogP contribution in [0.3, 0.4) is 0 Å². The Morgan fingerprint density at radius 1 is 1.11 bits per heavy atom. The van der Waals surface area contributed by atoms with Crippen LogP contribution in [0.2, 0.25) is 0 Å². The van der Waals surface area contributed by atoms with Gasteiger partial charge < -0.3 is 19.3 Å². The molecule has 188 valence electrons. The largest absolute Gasteiger partial charge is 0.485 e. The maximum atomic E-state index is 12.9. The van der Waals surface area contributed by atoms with Crippen molar-refractivity contribution in [3.8, 4) is 11.5 Å². The highest BCUT2D eigenvalue weighted by Gasteiger charge is 2.27. The van der Waals surface area contributed by atoms with Crippen LogP contribution in [-0.4, -0.2) is 55.3 Å². The Morgan fingerprint density at radius 2 is 1.86 bits per heavy atom. The predicted octanol–water partition coefficient (Wildman–Crippen LogP) is 4.75. The van der Waals surface area contributed by atoms with Gasteiger partial charge in [-0.1, -0.05) is 19.9 Å². The molecule has 0 aliphatic carbocycles. The van der Waals surface area contributed by atoms with E-state index in [2.05, 4.69) is 13.8 Å². The van der Waals surface area contributed by atoms with Crippen molar-refractivity contribution in [2.24, 2.45) is 0 Å². The first-order valence-electron chi connectivity index (χ1n) is 12.4. The number of amides is 2. The van der Waals surface area contributed by atoms with Gasteiger partial charge in [0.15, 0.2) is 19.0 Å². The van der Waals surface area contributed by atoms with Crippen LogP contribution < -0.4 is 14.4 Å². The highest BCUT2D eigenvalue weighted by atomic mass is 16.5. The van der Waals surface area contributed by atoms with Crippen molar-refractivity contribution >= 4 is 23.3 Å². The SMILES string of the molecule is CCN(CC)C(=O)CCCN1C(=O)COc2ccc(C(=O)COc3ccc(C(C)C)c(C)c3)cc21. The molecule has 0 saturated carbocycles. The highest BCUT2D eigenvalue weighted by Crippen LogP contribution is 2.33. The summed E-state index contributed by atoms with van der Waals surface area (Å²) in [6.45, 7) is 11.8. The van der Waals surface area contributed by atoms with E-state index in [1.54, 1.807) is 28.0 Å². The van der Waals surface area contributed by atoms with Gasteiger partial charge in [-0.15, -0.1) is 0 Å². The molecule has 2 aromatic carbocycles. The summed E-state index contributed by atoms with van der Waals surface area (Å²) in [5.74, 6) is 1.33. The first-order valence-corrected chi connectivity index (χ1v) is 12.4. The zero-order valence-electron chi connectivity index (χ0n) is 21.4. The van der Waals surface area contributed by atoms with Crippen molar-refractivity contribution in [2.45, 2.75) is 53.4 Å². The van der Waals surface area contributed by atoms with E-state index >= 15 is 0 Å². The van der Waals surface area contributed by atoms with Crippen LogP contribution in [-0.2, 0) is 9.59 Å². The van der Waals surface area contributed by atoms with Crippen LogP contribution in [0, 0.1) is 6.92 Å². The lowest BCUT2D eigenvalue weighted by Crippen LogP contribution is -2.40. The first kappa shape index (κ1) is 26.3. The summed E-state index contributed by atoms with van der Waals surface area (Å²) >= 11 is 0. The highest BCUT2D eigenvalue weighted by molar-refractivity contribution is 6.02. The minimum Gasteiger partial charge on any atom is -0.485 e. The van der Waals surface area contributed by atoms with E-state index < -0.39 is 0 Å². The predicted molar refractivity (Wildman–Crippen MR) is 137 cm³/mol. The number of aryl methyl sites for hydroxylation is 1. The second kappa shape index (κ2) is 11.9. The second-order valence-electron chi connectivity index (χ2n) is 9.07. The second-order valence-corrected chi connectivity index (χ2v) is 9.07. The molecule has 0 N–H and O–H groups in total. The summed E-state index contributed by atoms with van der Waals surface area (Å²) in [6, 6.07) is 10.9. The third-order valence-electron chi connectivity index (χ3n) is 6.35. The van der Waals surface area contributed by atoms with Gasteiger partial charge in [0, 0.05) is 31.6 Å². The lowest BCUT2D eigenvalue weighted by molar-refractivity contribution is -0.131. The number of nitrogens with zero attached hydrogens (tertiary/aromatic N) is 2. The number of rotatable bonds is 11. The maximum Gasteiger partial charge on any atom is 0.265 e. The van der Waals surface area contributed by atoms with E-state index in [0.29, 0.717) is 61.1 Å². The molecule has 0 unspecified atom stereocenters. The standard InChI is InChI=1S/C28H36N2O5/c1-6-29(7-2)27(32)9-8-14-30-24-16-21(10-13-26(24)35-18-28(30)33)25(31)17-34-22-11-12-23(19(3)4)20(5)15-22/h10-13,15-16,19H,6-9,14,17-18H2,1-5H3. The average Bonchev–Trinajstić information content (AvgIpc) is 2.84. The quantitative estimate of drug-likeness (QED) is 0.434. The Balaban J connectivity index is 1.67. The van der Waals surface area contributed by atoms with Crippen molar-refractivity contribution in [1.29, 1.82) is 0 Å². The van der Waals surface area contributed by atoms with E-state index in [-0.39, 0.29) is 30.8 Å². The molecule has 0 saturated heterocycles. The van der Waals surface area contributed by atoms with Gasteiger partial charge >= 0.3 is 0 Å². The van der Waals surface area contributed by atoms with Crippen molar-refractivity contribution in [3.05, 3.63) is 53.1 Å². The first-order chi connectivity index (χ1) is 16.7. The molecule has 1 aliphatic rings. The summed E-state index contributed by atoms with van der Waals surface area (Å²) in [7, 11) is 0. The number of fused-ring (bicyclic) bond motifs is 1. The van der Waals surface area contributed by atoms with Crippen LogP contribution >= 0.6 is 0 Å². The number of Topliss-reactive ketones (excluding diaryl/α,β-unsaturated/α-hetero) is 1. The van der Waals surface area contributed by atoms with Gasteiger partial charge in [-0.2, -0.15) is 0 Å². The fraction of sp³-hybridized carbons (Fsp3) is 0.464. The lowest BCUT2D eigenvalue weighted by Gasteiger charge is -2.30. The molecule has 7 nitrogen and oxygen atoms in total. The molecular formula is C28H36N2O5. The lowest BCUT2D eigenvalue weighted by atomic mass is 9.98. The molecule has 3 rings (SSSR count).